The number of fused-ring (bicyclic) bond motifs is 1. The van der Waals surface area contributed by atoms with E-state index in [-0.39, 0.29) is 11.6 Å². The third-order valence-electron chi connectivity index (χ3n) is 3.55. The number of nitro benzene ring substituents is 1. The van der Waals surface area contributed by atoms with Crippen molar-refractivity contribution in [2.75, 3.05) is 5.32 Å². The predicted octanol–water partition coefficient (Wildman–Crippen LogP) is 4.40. The summed E-state index contributed by atoms with van der Waals surface area (Å²) in [4.78, 5) is 22.1. The van der Waals surface area contributed by atoms with Gasteiger partial charge in [0.2, 0.25) is 5.91 Å². The SMILES string of the molecule is O=C(C=Cc1ccc([N+](=O)[O-])cc1)Nc1ccc2ccccc2c1. The lowest BCUT2D eigenvalue weighted by atomic mass is 10.1. The predicted molar refractivity (Wildman–Crippen MR) is 94.7 cm³/mol. The average Bonchev–Trinajstić information content (AvgIpc) is 2.60. The summed E-state index contributed by atoms with van der Waals surface area (Å²) in [6.07, 6.45) is 3.01. The Labute approximate surface area is 138 Å². The Kier molecular flexibility index (Phi) is 4.34. The van der Waals surface area contributed by atoms with Crippen molar-refractivity contribution in [3.8, 4) is 0 Å². The van der Waals surface area contributed by atoms with Crippen molar-refractivity contribution in [3.63, 3.8) is 0 Å². The van der Waals surface area contributed by atoms with Crippen LogP contribution in [0.5, 0.6) is 0 Å². The van der Waals surface area contributed by atoms with E-state index >= 15 is 0 Å². The van der Waals surface area contributed by atoms with Gasteiger partial charge in [-0.05, 0) is 46.7 Å². The summed E-state index contributed by atoms with van der Waals surface area (Å²) in [6.45, 7) is 0. The number of non-ortho nitro benzene ring substituents is 1. The van der Waals surface area contributed by atoms with Crippen molar-refractivity contribution < 1.29 is 9.72 Å². The van der Waals surface area contributed by atoms with Crippen LogP contribution in [0.4, 0.5) is 11.4 Å². The van der Waals surface area contributed by atoms with Crippen molar-refractivity contribution in [2.45, 2.75) is 0 Å². The third kappa shape index (κ3) is 3.64. The lowest BCUT2D eigenvalue weighted by Crippen LogP contribution is -2.07. The van der Waals surface area contributed by atoms with Gasteiger partial charge in [-0.2, -0.15) is 0 Å². The van der Waals surface area contributed by atoms with Crippen LogP contribution in [0.2, 0.25) is 0 Å². The second kappa shape index (κ2) is 6.75. The van der Waals surface area contributed by atoms with Crippen LogP contribution in [0.1, 0.15) is 5.56 Å². The van der Waals surface area contributed by atoms with E-state index < -0.39 is 4.92 Å². The van der Waals surface area contributed by atoms with Crippen LogP contribution in [-0.4, -0.2) is 10.8 Å². The molecule has 0 radical (unpaired) electrons. The van der Waals surface area contributed by atoms with Crippen LogP contribution in [-0.2, 0) is 4.79 Å². The van der Waals surface area contributed by atoms with E-state index in [1.54, 1.807) is 18.2 Å². The quantitative estimate of drug-likeness (QED) is 0.440. The number of carbonyl (C=O) groups is 1. The zero-order chi connectivity index (χ0) is 16.9. The van der Waals surface area contributed by atoms with Crippen LogP contribution in [0.15, 0.2) is 72.8 Å². The van der Waals surface area contributed by atoms with Gasteiger partial charge < -0.3 is 5.32 Å². The van der Waals surface area contributed by atoms with Crippen molar-refractivity contribution in [1.29, 1.82) is 0 Å². The average molecular weight is 318 g/mol. The van der Waals surface area contributed by atoms with Gasteiger partial charge in [-0.1, -0.05) is 30.3 Å². The molecule has 0 bridgehead atoms. The number of nitrogens with zero attached hydrogens (tertiary/aromatic N) is 1. The number of rotatable bonds is 4. The molecule has 24 heavy (non-hydrogen) atoms. The summed E-state index contributed by atoms with van der Waals surface area (Å²) in [7, 11) is 0. The molecule has 0 aliphatic carbocycles. The van der Waals surface area contributed by atoms with E-state index in [9.17, 15) is 14.9 Å². The van der Waals surface area contributed by atoms with Gasteiger partial charge in [0, 0.05) is 23.9 Å². The lowest BCUT2D eigenvalue weighted by molar-refractivity contribution is -0.384. The summed E-state index contributed by atoms with van der Waals surface area (Å²) < 4.78 is 0. The number of hydrogen-bond acceptors (Lipinski definition) is 3. The van der Waals surface area contributed by atoms with Crippen LogP contribution in [0, 0.1) is 10.1 Å². The molecule has 1 N–H and O–H groups in total. The minimum atomic E-state index is -0.458. The Balaban J connectivity index is 1.68. The minimum absolute atomic E-state index is 0.0211. The van der Waals surface area contributed by atoms with Gasteiger partial charge in [0.1, 0.15) is 0 Å². The Morgan fingerprint density at radius 3 is 2.38 bits per heavy atom. The van der Waals surface area contributed by atoms with Crippen molar-refractivity contribution in [2.24, 2.45) is 0 Å². The first kappa shape index (κ1) is 15.4. The molecule has 0 fully saturated rings. The lowest BCUT2D eigenvalue weighted by Gasteiger charge is -2.04. The zero-order valence-corrected chi connectivity index (χ0v) is 12.7. The number of nitro groups is 1. The highest BCUT2D eigenvalue weighted by atomic mass is 16.6. The van der Waals surface area contributed by atoms with E-state index in [0.717, 1.165) is 10.8 Å². The summed E-state index contributed by atoms with van der Waals surface area (Å²) in [6, 6.07) is 19.6. The van der Waals surface area contributed by atoms with Gasteiger partial charge in [-0.3, -0.25) is 14.9 Å². The van der Waals surface area contributed by atoms with E-state index in [2.05, 4.69) is 5.32 Å². The molecule has 0 atom stereocenters. The monoisotopic (exact) mass is 318 g/mol. The smallest absolute Gasteiger partial charge is 0.269 e. The normalized spacial score (nSPS) is 10.8. The second-order valence-corrected chi connectivity index (χ2v) is 5.23. The molecule has 5 nitrogen and oxygen atoms in total. The molecule has 0 spiro atoms. The maximum Gasteiger partial charge on any atom is 0.269 e. The molecule has 3 rings (SSSR count). The first-order chi connectivity index (χ1) is 11.6. The standard InChI is InChI=1S/C19H14N2O3/c22-19(12-7-14-5-10-18(11-6-14)21(23)24)20-17-9-8-15-3-1-2-4-16(15)13-17/h1-13H,(H,20,22). The molecule has 0 aromatic heterocycles. The molecule has 5 heteroatoms. The molecule has 0 heterocycles. The highest BCUT2D eigenvalue weighted by Crippen LogP contribution is 2.19. The first-order valence-electron chi connectivity index (χ1n) is 7.34. The number of nitrogens with one attached hydrogen (secondary N) is 1. The molecule has 3 aromatic carbocycles. The highest BCUT2D eigenvalue weighted by Gasteiger charge is 2.03. The fraction of sp³-hybridized carbons (Fsp3) is 0. The van der Waals surface area contributed by atoms with Crippen molar-refractivity contribution >= 4 is 34.1 Å². The Morgan fingerprint density at radius 2 is 1.67 bits per heavy atom. The van der Waals surface area contributed by atoms with E-state index in [1.807, 2.05) is 42.5 Å². The Morgan fingerprint density at radius 1 is 0.958 bits per heavy atom. The zero-order valence-electron chi connectivity index (χ0n) is 12.7. The van der Waals surface area contributed by atoms with Gasteiger partial charge in [0.25, 0.3) is 5.69 Å². The molecule has 3 aromatic rings. The molecule has 0 saturated carbocycles. The van der Waals surface area contributed by atoms with Crippen LogP contribution in [0.25, 0.3) is 16.8 Å². The van der Waals surface area contributed by atoms with Crippen LogP contribution < -0.4 is 5.32 Å². The molecule has 0 aliphatic heterocycles. The Bertz CT molecular complexity index is 931. The highest BCUT2D eigenvalue weighted by molar-refractivity contribution is 6.03. The van der Waals surface area contributed by atoms with E-state index in [1.165, 1.54) is 18.2 Å². The number of hydrogen-bond donors (Lipinski definition) is 1. The number of anilines is 1. The fourth-order valence-corrected chi connectivity index (χ4v) is 2.33. The number of benzene rings is 3. The molecule has 0 aliphatic rings. The summed E-state index contributed by atoms with van der Waals surface area (Å²) >= 11 is 0. The second-order valence-electron chi connectivity index (χ2n) is 5.23. The van der Waals surface area contributed by atoms with Crippen LogP contribution in [0.3, 0.4) is 0 Å². The number of amides is 1. The van der Waals surface area contributed by atoms with E-state index in [4.69, 9.17) is 0 Å². The largest absolute Gasteiger partial charge is 0.322 e. The maximum atomic E-state index is 12.0. The van der Waals surface area contributed by atoms with Crippen molar-refractivity contribution in [1.82, 2.24) is 0 Å². The molecule has 118 valence electrons. The van der Waals surface area contributed by atoms with Crippen molar-refractivity contribution in [3.05, 3.63) is 88.5 Å². The van der Waals surface area contributed by atoms with E-state index in [0.29, 0.717) is 11.3 Å². The topological polar surface area (TPSA) is 72.2 Å². The van der Waals surface area contributed by atoms with Gasteiger partial charge in [-0.25, -0.2) is 0 Å². The molecule has 0 saturated heterocycles. The molecule has 1 amide bonds. The van der Waals surface area contributed by atoms with Crippen LogP contribution >= 0.6 is 0 Å². The fourth-order valence-electron chi connectivity index (χ4n) is 2.33. The minimum Gasteiger partial charge on any atom is -0.322 e. The number of carbonyl (C=O) groups excluding carboxylic acids is 1. The molecule has 0 unspecified atom stereocenters. The van der Waals surface area contributed by atoms with Gasteiger partial charge in [-0.15, -0.1) is 0 Å². The maximum absolute atomic E-state index is 12.0. The van der Waals surface area contributed by atoms with Gasteiger partial charge in [0.15, 0.2) is 0 Å². The van der Waals surface area contributed by atoms with Gasteiger partial charge in [0.05, 0.1) is 4.92 Å². The third-order valence-corrected chi connectivity index (χ3v) is 3.55. The Hall–Kier alpha value is -3.47. The summed E-state index contributed by atoms with van der Waals surface area (Å²) in [5.41, 5.74) is 1.45. The first-order valence-corrected chi connectivity index (χ1v) is 7.34. The molecular weight excluding hydrogens is 304 g/mol. The summed E-state index contributed by atoms with van der Waals surface area (Å²) in [5.74, 6) is -0.261. The molecular formula is C19H14N2O3. The van der Waals surface area contributed by atoms with Gasteiger partial charge >= 0.3 is 0 Å². The summed E-state index contributed by atoms with van der Waals surface area (Å²) in [5, 5.41) is 15.6.